The van der Waals surface area contributed by atoms with Gasteiger partial charge in [-0.3, -0.25) is 76.7 Å². The molecule has 130 heavy (non-hydrogen) atoms. The molecule has 0 radical (unpaired) electrons. The molecule has 1 aliphatic rings. The van der Waals surface area contributed by atoms with Crippen LogP contribution in [0.25, 0.3) is 10.9 Å². The molecule has 6 aromatic carbocycles. The number of phenols is 3. The van der Waals surface area contributed by atoms with Gasteiger partial charge in [-0.05, 0) is 101 Å². The third-order valence-corrected chi connectivity index (χ3v) is 23.2. The van der Waals surface area contributed by atoms with Crippen molar-refractivity contribution < 1.29 is 97.1 Å². The number of rotatable bonds is 23. The topological polar surface area (TPSA) is 520 Å². The first kappa shape index (κ1) is 102. The minimum absolute atomic E-state index is 0.00395. The van der Waals surface area contributed by atoms with Gasteiger partial charge >= 0.3 is 5.97 Å². The van der Waals surface area contributed by atoms with Crippen LogP contribution in [0.3, 0.4) is 0 Å². The van der Waals surface area contributed by atoms with E-state index in [1.165, 1.54) is 108 Å². The maximum absolute atomic E-state index is 15.5. The summed E-state index contributed by atoms with van der Waals surface area (Å²) in [7, 11) is 6.42. The van der Waals surface area contributed by atoms with Crippen LogP contribution < -0.4 is 53.6 Å². The first-order chi connectivity index (χ1) is 61.8. The number of carboxylic acids is 1. The van der Waals surface area contributed by atoms with Gasteiger partial charge in [-0.15, -0.1) is 11.8 Å². The highest BCUT2D eigenvalue weighted by molar-refractivity contribution is 8.00. The maximum Gasteiger partial charge on any atom is 0.305 e. The maximum atomic E-state index is 15.5. The summed E-state index contributed by atoms with van der Waals surface area (Å²) < 4.78 is 0. The average molecular weight is 1810 g/mol. The molecule has 11 atom stereocenters. The molecule has 1 aromatic heterocycles. The predicted octanol–water partition coefficient (Wildman–Crippen LogP) is 2.03. The second kappa shape index (κ2) is 48.9. The van der Waals surface area contributed by atoms with E-state index in [0.717, 1.165) is 36.3 Å². The Morgan fingerprint density at radius 2 is 0.892 bits per heavy atom. The quantitative estimate of drug-likeness (QED) is 0.0436. The van der Waals surface area contributed by atoms with Gasteiger partial charge in [0, 0.05) is 96.6 Å². The summed E-state index contributed by atoms with van der Waals surface area (Å²) >= 11 is 0.810. The van der Waals surface area contributed by atoms with Crippen molar-refractivity contribution in [3.63, 3.8) is 0 Å². The number of para-hydroxylation sites is 1. The van der Waals surface area contributed by atoms with Crippen LogP contribution >= 0.6 is 11.8 Å². The second-order valence-electron chi connectivity index (χ2n) is 33.2. The van der Waals surface area contributed by atoms with Crippen LogP contribution in [0.4, 0.5) is 0 Å². The summed E-state index contributed by atoms with van der Waals surface area (Å²) in [6.07, 6.45) is -0.197. The number of aromatic amines is 1. The minimum atomic E-state index is -1.92. The van der Waals surface area contributed by atoms with Crippen LogP contribution in [-0.2, 0) is 115 Å². The lowest BCUT2D eigenvalue weighted by Crippen LogP contribution is -2.61. The predicted molar refractivity (Wildman–Crippen MR) is 484 cm³/mol. The summed E-state index contributed by atoms with van der Waals surface area (Å²) in [5.41, 5.74) is 8.90. The average Bonchev–Trinajstić information content (AvgIpc) is 1.80. The molecule has 696 valence electrons. The van der Waals surface area contributed by atoms with Crippen molar-refractivity contribution in [1.82, 2.24) is 77.3 Å². The molecular weight excluding hydrogens is 1690 g/mol. The summed E-state index contributed by atoms with van der Waals surface area (Å²) in [6, 6.07) is 23.9. The number of nitrogens with one attached hydrogen (secondary N) is 10. The Hall–Kier alpha value is -13.9. The normalized spacial score (nSPS) is 21.8. The van der Waals surface area contributed by atoms with Gasteiger partial charge in [0.2, 0.25) is 88.6 Å². The van der Waals surface area contributed by atoms with Crippen LogP contribution in [0.1, 0.15) is 100 Å². The first-order valence-electron chi connectivity index (χ1n) is 42.8. The number of carboxylic acid groups (broad SMARTS) is 1. The Bertz CT molecular complexity index is 5120. The lowest BCUT2D eigenvalue weighted by atomic mass is 9.98. The zero-order valence-electron chi connectivity index (χ0n) is 74.5. The van der Waals surface area contributed by atoms with Crippen molar-refractivity contribution in [2.24, 2.45) is 17.6 Å². The highest BCUT2D eigenvalue weighted by Gasteiger charge is 2.42. The number of carbonyl (C=O) groups is 16. The monoisotopic (exact) mass is 1810 g/mol. The summed E-state index contributed by atoms with van der Waals surface area (Å²) in [4.78, 5) is 243. The van der Waals surface area contributed by atoms with Crippen LogP contribution in [0.5, 0.6) is 17.2 Å². The molecule has 1 aliphatic heterocycles. The van der Waals surface area contributed by atoms with E-state index in [4.69, 9.17) is 5.73 Å². The van der Waals surface area contributed by atoms with Crippen LogP contribution in [0.15, 0.2) is 164 Å². The number of H-pyrrole nitrogens is 1. The minimum Gasteiger partial charge on any atom is -0.508 e. The van der Waals surface area contributed by atoms with Crippen LogP contribution in [-0.4, -0.2) is 277 Å². The summed E-state index contributed by atoms with van der Waals surface area (Å²) in [5.74, 6) is -17.9. The van der Waals surface area contributed by atoms with Gasteiger partial charge in [-0.2, -0.15) is 0 Å². The molecule has 2 heterocycles. The molecule has 16 N–H and O–H groups in total. The van der Waals surface area contributed by atoms with E-state index in [-0.39, 0.29) is 74.5 Å². The molecule has 36 nitrogen and oxygen atoms in total. The third-order valence-electron chi connectivity index (χ3n) is 22.2. The van der Waals surface area contributed by atoms with E-state index < -0.39 is 205 Å². The number of fused-ring (bicyclic) bond motifs is 1. The number of benzene rings is 6. The van der Waals surface area contributed by atoms with E-state index in [1.807, 2.05) is 6.92 Å². The fourth-order valence-electron chi connectivity index (χ4n) is 15.0. The lowest BCUT2D eigenvalue weighted by molar-refractivity contribution is -0.151. The number of hydrogen-bond acceptors (Lipinski definition) is 20. The van der Waals surface area contributed by atoms with Gasteiger partial charge in [0.25, 0.3) is 0 Å². The Labute approximate surface area is 758 Å². The number of primary amides is 1. The van der Waals surface area contributed by atoms with Crippen LogP contribution in [0.2, 0.25) is 0 Å². The number of aromatic hydroxyl groups is 3. The summed E-state index contributed by atoms with van der Waals surface area (Å²) in [6.45, 7) is 6.08. The van der Waals surface area contributed by atoms with Gasteiger partial charge in [0.1, 0.15) is 83.7 Å². The SMILES string of the molecule is CCCC[C@H]1C(=O)N(C)CC(=O)NC(CC(=O)O)C(=O)N[C@@H](C(C)C)C(=O)N(C)[C@@H](Cc2ccccc2)C(=O)N[C@@H](Cc2ccc(O)cc2)C(=O)N(C)CC(=O)N[C@@H](Cc2c[nH]c3ccccc23)C(=O)N[C@@H](Cc2ccc(O)cc2)C(=O)N[C@@H](CC(C)C)C(=O)N[C@H](C(=O)NCC(N)=O)CSCC(=O)N[C@@H](Cc2ccccc2)C(=O)N(C)[C@@H](Cc2ccc(O)cc2)C(=O)N1C. The largest absolute Gasteiger partial charge is 0.508 e. The Balaban J connectivity index is 1.22. The number of likely N-dealkylation sites (N-methyl/N-ethyl adjacent to an activating group) is 5. The first-order valence-corrected chi connectivity index (χ1v) is 44.0. The van der Waals surface area contributed by atoms with Crippen molar-refractivity contribution in [2.75, 3.05) is 66.4 Å². The molecule has 1 unspecified atom stereocenters. The van der Waals surface area contributed by atoms with Crippen molar-refractivity contribution in [3.05, 3.63) is 197 Å². The number of aromatic nitrogens is 1. The number of carbonyl (C=O) groups excluding carboxylic acids is 15. The van der Waals surface area contributed by atoms with E-state index >= 15 is 38.4 Å². The molecular formula is C93H118N16O20S. The standard InChI is InChI=1S/C93H118N16O20S/c1-11-12-27-74-91(127)106(7)51-79(115)98-70(47-81(117)118)87(123)104-82(55(4)5)93(129)108(9)75(44-57-23-17-14-18-24-57)88(124)102-71(43-59-30-36-63(111)37-31-59)89(125)105(6)50-78(114)97-69(46-61-48-95-66-26-20-19-25-65(61)66)86(122)101-68(41-58-28-34-62(110)35-29-58)85(121)100-67(40-54(2)3)84(120)103-73(83(119)96-49-77(94)113)52-130-53-80(116)99-72(42-56-21-15-13-16-22-56)90(126)109(10)76(92(128)107(74)8)45-60-32-38-64(112)39-33-60/h13-26,28-39,48,54-55,67-76,82,95,110-112H,11-12,27,40-47,49-53H2,1-10H3,(H2,94,113)(H,96,119)(H,97,114)(H,98,115)(H,99,116)(H,100,121)(H,101,122)(H,102,124)(H,103,120)(H,104,123)(H,117,118)/t67-,68-,69-,70?,71-,72-,73-,74-,75-,76-,82-/m0/s1. The van der Waals surface area contributed by atoms with E-state index in [0.29, 0.717) is 57.1 Å². The van der Waals surface area contributed by atoms with Crippen LogP contribution in [0, 0.1) is 11.8 Å². The highest BCUT2D eigenvalue weighted by atomic mass is 32.2. The van der Waals surface area contributed by atoms with Crippen molar-refractivity contribution >= 4 is 117 Å². The number of thioether (sulfide) groups is 1. The Morgan fingerprint density at radius 1 is 0.454 bits per heavy atom. The van der Waals surface area contributed by atoms with E-state index in [9.17, 15) is 58.8 Å². The molecule has 8 rings (SSSR count). The third kappa shape index (κ3) is 30.4. The molecule has 0 bridgehead atoms. The van der Waals surface area contributed by atoms with Gasteiger partial charge < -0.3 is 103 Å². The van der Waals surface area contributed by atoms with Gasteiger partial charge in [-0.25, -0.2) is 0 Å². The molecule has 1 saturated heterocycles. The van der Waals surface area contributed by atoms with E-state index in [1.54, 1.807) is 119 Å². The molecule has 0 spiro atoms. The number of phenolic OH excluding ortho intramolecular Hbond substituents is 3. The zero-order chi connectivity index (χ0) is 95.2. The van der Waals surface area contributed by atoms with Crippen molar-refractivity contribution in [3.8, 4) is 17.2 Å². The summed E-state index contributed by atoms with van der Waals surface area (Å²) in [5, 5.41) is 65.9. The van der Waals surface area contributed by atoms with Gasteiger partial charge in [0.05, 0.1) is 31.8 Å². The van der Waals surface area contributed by atoms with Gasteiger partial charge in [-0.1, -0.05) is 163 Å². The zero-order valence-corrected chi connectivity index (χ0v) is 75.3. The Morgan fingerprint density at radius 3 is 1.43 bits per heavy atom. The molecule has 1 fully saturated rings. The number of nitrogens with two attached hydrogens (primary N) is 1. The lowest BCUT2D eigenvalue weighted by Gasteiger charge is -2.37. The highest BCUT2D eigenvalue weighted by Crippen LogP contribution is 2.25. The smallest absolute Gasteiger partial charge is 0.305 e. The molecule has 7 aromatic rings. The molecule has 0 saturated carbocycles. The van der Waals surface area contributed by atoms with Crippen molar-refractivity contribution in [1.29, 1.82) is 0 Å². The molecule has 15 amide bonds. The number of aliphatic carboxylic acids is 1. The fraction of sp³-hybridized carbons (Fsp3) is 0.419. The second-order valence-corrected chi connectivity index (χ2v) is 34.3. The molecule has 37 heteroatoms. The number of unbranched alkanes of at least 4 members (excludes halogenated alkanes) is 1. The van der Waals surface area contributed by atoms with E-state index in [2.05, 4.69) is 52.8 Å². The number of nitrogens with zero attached hydrogens (tertiary/aromatic N) is 5. The van der Waals surface area contributed by atoms with Crippen molar-refractivity contribution in [2.45, 2.75) is 172 Å². The fourth-order valence-corrected chi connectivity index (χ4v) is 15.8. The Kier molecular flexibility index (Phi) is 38.2. The number of hydrogen-bond donors (Lipinski definition) is 15. The molecule has 0 aliphatic carbocycles. The number of amides is 15. The van der Waals surface area contributed by atoms with Gasteiger partial charge in [0.15, 0.2) is 0 Å².